The standard InChI is InChI=1S/C15H24N2O/c16-8-15(4-1-5-15)7-11(18)17-14-12-9-2-3-10(6-9)13(12)14/h9-10,12-14H,1-8,16H2,(H,17,18). The molecule has 0 aliphatic heterocycles. The van der Waals surface area contributed by atoms with E-state index in [0.29, 0.717) is 19.0 Å². The molecule has 1 amide bonds. The summed E-state index contributed by atoms with van der Waals surface area (Å²) in [6.07, 6.45) is 8.53. The van der Waals surface area contributed by atoms with Crippen molar-refractivity contribution >= 4 is 5.91 Å². The van der Waals surface area contributed by atoms with Crippen LogP contribution in [0, 0.1) is 29.1 Å². The Hall–Kier alpha value is -0.570. The van der Waals surface area contributed by atoms with Crippen LogP contribution in [0.15, 0.2) is 0 Å². The van der Waals surface area contributed by atoms with Crippen molar-refractivity contribution in [3.8, 4) is 0 Å². The minimum Gasteiger partial charge on any atom is -0.353 e. The van der Waals surface area contributed by atoms with Crippen LogP contribution < -0.4 is 11.1 Å². The van der Waals surface area contributed by atoms with Gasteiger partial charge in [-0.05, 0) is 67.7 Å². The fourth-order valence-corrected chi connectivity index (χ4v) is 5.23. The van der Waals surface area contributed by atoms with E-state index in [-0.39, 0.29) is 11.3 Å². The second-order valence-corrected chi connectivity index (χ2v) is 7.32. The lowest BCUT2D eigenvalue weighted by molar-refractivity contribution is -0.125. The predicted octanol–water partition coefficient (Wildman–Crippen LogP) is 1.67. The van der Waals surface area contributed by atoms with Crippen molar-refractivity contribution in [2.45, 2.75) is 51.0 Å². The zero-order chi connectivity index (χ0) is 12.3. The molecule has 4 atom stereocenters. The minimum atomic E-state index is 0.160. The molecule has 0 spiro atoms. The zero-order valence-electron chi connectivity index (χ0n) is 11.0. The number of carbonyl (C=O) groups excluding carboxylic acids is 1. The number of hydrogen-bond acceptors (Lipinski definition) is 2. The van der Waals surface area contributed by atoms with Crippen LogP contribution in [0.25, 0.3) is 0 Å². The molecule has 3 nitrogen and oxygen atoms in total. The first-order chi connectivity index (χ1) is 8.72. The lowest BCUT2D eigenvalue weighted by atomic mass is 9.66. The zero-order valence-corrected chi connectivity index (χ0v) is 11.0. The number of nitrogens with two attached hydrogens (primary N) is 1. The van der Waals surface area contributed by atoms with Crippen LogP contribution in [-0.4, -0.2) is 18.5 Å². The molecule has 0 aromatic carbocycles. The van der Waals surface area contributed by atoms with Gasteiger partial charge in [0.2, 0.25) is 5.91 Å². The molecule has 4 aliphatic carbocycles. The smallest absolute Gasteiger partial charge is 0.220 e. The van der Waals surface area contributed by atoms with Crippen LogP contribution in [0.5, 0.6) is 0 Å². The van der Waals surface area contributed by atoms with Gasteiger partial charge < -0.3 is 11.1 Å². The summed E-state index contributed by atoms with van der Waals surface area (Å²) in [6.45, 7) is 0.684. The summed E-state index contributed by atoms with van der Waals surface area (Å²) < 4.78 is 0. The molecular weight excluding hydrogens is 224 g/mol. The lowest BCUT2D eigenvalue weighted by Crippen LogP contribution is -2.43. The summed E-state index contributed by atoms with van der Waals surface area (Å²) in [5, 5.41) is 3.32. The highest BCUT2D eigenvalue weighted by Crippen LogP contribution is 2.65. The lowest BCUT2D eigenvalue weighted by Gasteiger charge is -2.40. The van der Waals surface area contributed by atoms with E-state index in [1.165, 1.54) is 25.7 Å². The van der Waals surface area contributed by atoms with Gasteiger partial charge in [0.1, 0.15) is 0 Å². The molecule has 4 unspecified atom stereocenters. The molecule has 0 heterocycles. The van der Waals surface area contributed by atoms with Gasteiger partial charge in [0.15, 0.2) is 0 Å². The maximum atomic E-state index is 12.2. The SMILES string of the molecule is NCC1(CC(=O)NC2C3C4CCC(C4)C23)CCC1. The van der Waals surface area contributed by atoms with E-state index in [1.54, 1.807) is 0 Å². The first kappa shape index (κ1) is 11.3. The summed E-state index contributed by atoms with van der Waals surface area (Å²) >= 11 is 0. The van der Waals surface area contributed by atoms with Crippen LogP contribution in [0.3, 0.4) is 0 Å². The predicted molar refractivity (Wildman–Crippen MR) is 69.7 cm³/mol. The van der Waals surface area contributed by atoms with Gasteiger partial charge in [-0.1, -0.05) is 6.42 Å². The molecule has 4 saturated carbocycles. The molecule has 0 saturated heterocycles. The molecular formula is C15H24N2O. The molecule has 2 bridgehead atoms. The number of fused-ring (bicyclic) bond motifs is 5. The molecule has 0 aromatic rings. The number of hydrogen-bond donors (Lipinski definition) is 2. The number of nitrogens with one attached hydrogen (secondary N) is 1. The fraction of sp³-hybridized carbons (Fsp3) is 0.933. The molecule has 3 N–H and O–H groups in total. The van der Waals surface area contributed by atoms with Crippen LogP contribution >= 0.6 is 0 Å². The quantitative estimate of drug-likeness (QED) is 0.795. The van der Waals surface area contributed by atoms with Crippen molar-refractivity contribution < 1.29 is 4.79 Å². The van der Waals surface area contributed by atoms with Crippen LogP contribution in [0.1, 0.15) is 44.9 Å². The molecule has 4 fully saturated rings. The third-order valence-corrected chi connectivity index (χ3v) is 6.45. The largest absolute Gasteiger partial charge is 0.353 e. The van der Waals surface area contributed by atoms with E-state index in [1.807, 2.05) is 0 Å². The monoisotopic (exact) mass is 248 g/mol. The highest BCUT2D eigenvalue weighted by atomic mass is 16.1. The average Bonchev–Trinajstić information content (AvgIpc) is 2.73. The molecule has 0 radical (unpaired) electrons. The minimum absolute atomic E-state index is 0.160. The molecule has 100 valence electrons. The van der Waals surface area contributed by atoms with E-state index in [9.17, 15) is 4.79 Å². The van der Waals surface area contributed by atoms with Crippen molar-refractivity contribution in [3.05, 3.63) is 0 Å². The Morgan fingerprint density at radius 2 is 1.89 bits per heavy atom. The van der Waals surface area contributed by atoms with Gasteiger partial charge in [-0.2, -0.15) is 0 Å². The molecule has 0 aromatic heterocycles. The van der Waals surface area contributed by atoms with Gasteiger partial charge in [-0.3, -0.25) is 4.79 Å². The Balaban J connectivity index is 1.32. The van der Waals surface area contributed by atoms with Crippen LogP contribution in [-0.2, 0) is 4.79 Å². The summed E-state index contributed by atoms with van der Waals surface area (Å²) in [7, 11) is 0. The second kappa shape index (κ2) is 3.72. The van der Waals surface area contributed by atoms with Crippen LogP contribution in [0.4, 0.5) is 0 Å². The maximum absolute atomic E-state index is 12.2. The Bertz CT molecular complexity index is 355. The summed E-state index contributed by atoms with van der Waals surface area (Å²) in [5.41, 5.74) is 5.99. The third kappa shape index (κ3) is 1.49. The van der Waals surface area contributed by atoms with Crippen molar-refractivity contribution in [1.29, 1.82) is 0 Å². The van der Waals surface area contributed by atoms with Crippen molar-refractivity contribution in [3.63, 3.8) is 0 Å². The molecule has 18 heavy (non-hydrogen) atoms. The Morgan fingerprint density at radius 1 is 1.22 bits per heavy atom. The summed E-state index contributed by atoms with van der Waals surface area (Å²) in [6, 6.07) is 0.540. The van der Waals surface area contributed by atoms with Gasteiger partial charge in [-0.25, -0.2) is 0 Å². The topological polar surface area (TPSA) is 55.1 Å². The van der Waals surface area contributed by atoms with Crippen molar-refractivity contribution in [2.24, 2.45) is 34.8 Å². The van der Waals surface area contributed by atoms with E-state index >= 15 is 0 Å². The third-order valence-electron chi connectivity index (χ3n) is 6.45. The Labute approximate surface area is 109 Å². The first-order valence-electron chi connectivity index (χ1n) is 7.72. The summed E-state index contributed by atoms with van der Waals surface area (Å²) in [4.78, 5) is 12.2. The van der Waals surface area contributed by atoms with Gasteiger partial charge in [0.05, 0.1) is 0 Å². The molecule has 4 rings (SSSR count). The van der Waals surface area contributed by atoms with Gasteiger partial charge >= 0.3 is 0 Å². The van der Waals surface area contributed by atoms with E-state index in [2.05, 4.69) is 5.32 Å². The highest BCUT2D eigenvalue weighted by Gasteiger charge is 2.65. The second-order valence-electron chi connectivity index (χ2n) is 7.32. The fourth-order valence-electron chi connectivity index (χ4n) is 5.23. The van der Waals surface area contributed by atoms with E-state index < -0.39 is 0 Å². The average molecular weight is 248 g/mol. The first-order valence-corrected chi connectivity index (χ1v) is 7.72. The molecule has 4 aliphatic rings. The van der Waals surface area contributed by atoms with Gasteiger partial charge in [0.25, 0.3) is 0 Å². The van der Waals surface area contributed by atoms with Crippen molar-refractivity contribution in [2.75, 3.05) is 6.54 Å². The Morgan fingerprint density at radius 3 is 2.39 bits per heavy atom. The van der Waals surface area contributed by atoms with E-state index in [0.717, 1.165) is 36.5 Å². The summed E-state index contributed by atoms with van der Waals surface area (Å²) in [5.74, 6) is 3.86. The normalized spacial score (nSPS) is 46.4. The molecule has 3 heteroatoms. The highest BCUT2D eigenvalue weighted by molar-refractivity contribution is 5.77. The van der Waals surface area contributed by atoms with Gasteiger partial charge in [-0.15, -0.1) is 0 Å². The van der Waals surface area contributed by atoms with Gasteiger partial charge in [0, 0.05) is 12.5 Å². The van der Waals surface area contributed by atoms with E-state index in [4.69, 9.17) is 5.73 Å². The number of carbonyl (C=O) groups is 1. The van der Waals surface area contributed by atoms with Crippen molar-refractivity contribution in [1.82, 2.24) is 5.32 Å². The van der Waals surface area contributed by atoms with Crippen LogP contribution in [0.2, 0.25) is 0 Å². The maximum Gasteiger partial charge on any atom is 0.220 e. The number of amides is 1. The number of rotatable bonds is 4. The Kier molecular flexibility index (Phi) is 2.33.